The summed E-state index contributed by atoms with van der Waals surface area (Å²) < 4.78 is 8.76. The predicted molar refractivity (Wildman–Crippen MR) is 174 cm³/mol. The van der Waals surface area contributed by atoms with E-state index in [9.17, 15) is 0 Å². The first-order valence-electron chi connectivity index (χ1n) is 14.2. The molecule has 7 aromatic carbocycles. The monoisotopic (exact) mass is 536 g/mol. The molecule has 0 spiro atoms. The highest BCUT2D eigenvalue weighted by Gasteiger charge is 2.15. The SMILES string of the molecule is c1ccc(-c2nc3ccc4ccc5cc(-c6ccc7c(c6)c6ccccc6n7-c6ccccc6)ccc5c4c3o2)cc1. The maximum Gasteiger partial charge on any atom is 0.227 e. The second-order valence-corrected chi connectivity index (χ2v) is 10.8. The lowest BCUT2D eigenvalue weighted by molar-refractivity contribution is 0.623. The van der Waals surface area contributed by atoms with E-state index in [1.54, 1.807) is 0 Å². The van der Waals surface area contributed by atoms with E-state index in [0.717, 1.165) is 27.4 Å². The van der Waals surface area contributed by atoms with E-state index in [1.807, 2.05) is 30.3 Å². The summed E-state index contributed by atoms with van der Waals surface area (Å²) in [6.07, 6.45) is 0. The van der Waals surface area contributed by atoms with Gasteiger partial charge in [-0.25, -0.2) is 4.98 Å². The third-order valence-corrected chi connectivity index (χ3v) is 8.39. The molecule has 0 N–H and O–H groups in total. The van der Waals surface area contributed by atoms with Gasteiger partial charge in [0.05, 0.1) is 11.0 Å². The molecule has 196 valence electrons. The second-order valence-electron chi connectivity index (χ2n) is 10.8. The van der Waals surface area contributed by atoms with Gasteiger partial charge in [-0.3, -0.25) is 0 Å². The number of oxazole rings is 1. The van der Waals surface area contributed by atoms with Crippen molar-refractivity contribution >= 4 is 54.5 Å². The number of rotatable bonds is 3. The Morgan fingerprint density at radius 3 is 2.05 bits per heavy atom. The van der Waals surface area contributed by atoms with Crippen molar-refractivity contribution in [3.63, 3.8) is 0 Å². The predicted octanol–water partition coefficient (Wildman–Crippen LogP) is 10.6. The van der Waals surface area contributed by atoms with Crippen molar-refractivity contribution in [1.29, 1.82) is 0 Å². The molecule has 0 amide bonds. The van der Waals surface area contributed by atoms with E-state index in [1.165, 1.54) is 49.4 Å². The average Bonchev–Trinajstić information content (AvgIpc) is 3.64. The van der Waals surface area contributed by atoms with Gasteiger partial charge in [-0.1, -0.05) is 91.0 Å². The fraction of sp³-hybridized carbons (Fsp3) is 0. The standard InChI is InChI=1S/C39H24N2O/c1-3-9-26(10-4-1)39-40-34-21-18-25-15-16-29-23-27(17-20-31(29)37(25)38(34)42-39)28-19-22-36-33(24-28)32-13-7-8-14-35(32)41(36)30-11-5-2-6-12-30/h1-24H. The van der Waals surface area contributed by atoms with Gasteiger partial charge in [-0.05, 0) is 81.9 Å². The van der Waals surface area contributed by atoms with Crippen molar-refractivity contribution in [1.82, 2.24) is 9.55 Å². The summed E-state index contributed by atoms with van der Waals surface area (Å²) in [5.74, 6) is 0.648. The molecule has 9 aromatic rings. The molecule has 0 bridgehead atoms. The van der Waals surface area contributed by atoms with Crippen LogP contribution in [0.5, 0.6) is 0 Å². The lowest BCUT2D eigenvalue weighted by Crippen LogP contribution is -1.92. The molecule has 0 aliphatic heterocycles. The van der Waals surface area contributed by atoms with Crippen LogP contribution in [-0.4, -0.2) is 9.55 Å². The van der Waals surface area contributed by atoms with E-state index < -0.39 is 0 Å². The lowest BCUT2D eigenvalue weighted by atomic mass is 9.96. The number of fused-ring (bicyclic) bond motifs is 8. The van der Waals surface area contributed by atoms with Crippen LogP contribution in [0.4, 0.5) is 0 Å². The van der Waals surface area contributed by atoms with E-state index >= 15 is 0 Å². The van der Waals surface area contributed by atoms with Crippen molar-refractivity contribution in [3.8, 4) is 28.3 Å². The highest BCUT2D eigenvalue weighted by molar-refractivity contribution is 6.18. The molecule has 0 saturated heterocycles. The summed E-state index contributed by atoms with van der Waals surface area (Å²) in [5.41, 5.74) is 8.67. The second kappa shape index (κ2) is 8.92. The molecule has 0 aliphatic carbocycles. The Labute approximate surface area is 241 Å². The molecule has 0 atom stereocenters. The number of nitrogens with zero attached hydrogens (tertiary/aromatic N) is 2. The van der Waals surface area contributed by atoms with Crippen LogP contribution in [-0.2, 0) is 0 Å². The Morgan fingerprint density at radius 1 is 0.476 bits per heavy atom. The Bertz CT molecular complexity index is 2450. The minimum Gasteiger partial charge on any atom is -0.435 e. The normalized spacial score (nSPS) is 11.8. The smallest absolute Gasteiger partial charge is 0.227 e. The van der Waals surface area contributed by atoms with E-state index in [-0.39, 0.29) is 0 Å². The average molecular weight is 537 g/mol. The number of benzene rings is 7. The van der Waals surface area contributed by atoms with Gasteiger partial charge in [-0.15, -0.1) is 0 Å². The first-order valence-corrected chi connectivity index (χ1v) is 14.2. The third kappa shape index (κ3) is 3.44. The molecule has 0 saturated carbocycles. The largest absolute Gasteiger partial charge is 0.435 e. The molecule has 2 heterocycles. The molecule has 0 aliphatic rings. The molecule has 0 unspecified atom stereocenters. The van der Waals surface area contributed by atoms with Gasteiger partial charge in [0.15, 0.2) is 5.58 Å². The van der Waals surface area contributed by atoms with E-state index in [2.05, 4.69) is 120 Å². The third-order valence-electron chi connectivity index (χ3n) is 8.39. The molecule has 2 aromatic heterocycles. The zero-order valence-electron chi connectivity index (χ0n) is 22.7. The first-order chi connectivity index (χ1) is 20.8. The van der Waals surface area contributed by atoms with E-state index in [0.29, 0.717) is 5.89 Å². The van der Waals surface area contributed by atoms with E-state index in [4.69, 9.17) is 9.40 Å². The fourth-order valence-corrected chi connectivity index (χ4v) is 6.42. The number of aromatic nitrogens is 2. The highest BCUT2D eigenvalue weighted by Crippen LogP contribution is 2.38. The van der Waals surface area contributed by atoms with Gasteiger partial charge < -0.3 is 8.98 Å². The number of hydrogen-bond acceptors (Lipinski definition) is 2. The van der Waals surface area contributed by atoms with Crippen LogP contribution in [0.25, 0.3) is 82.7 Å². The number of hydrogen-bond donors (Lipinski definition) is 0. The highest BCUT2D eigenvalue weighted by atomic mass is 16.3. The summed E-state index contributed by atoms with van der Waals surface area (Å²) in [6, 6.07) is 51.5. The number of para-hydroxylation sites is 2. The van der Waals surface area contributed by atoms with Crippen LogP contribution < -0.4 is 0 Å². The zero-order valence-corrected chi connectivity index (χ0v) is 22.7. The molecule has 3 heteroatoms. The molecule has 3 nitrogen and oxygen atoms in total. The molecule has 0 radical (unpaired) electrons. The van der Waals surface area contributed by atoms with Gasteiger partial charge in [0.1, 0.15) is 5.52 Å². The summed E-state index contributed by atoms with van der Waals surface area (Å²) >= 11 is 0. The summed E-state index contributed by atoms with van der Waals surface area (Å²) in [6.45, 7) is 0. The van der Waals surface area contributed by atoms with Gasteiger partial charge in [0, 0.05) is 27.4 Å². The zero-order chi connectivity index (χ0) is 27.6. The van der Waals surface area contributed by atoms with Crippen molar-refractivity contribution < 1.29 is 4.42 Å². The molecule has 42 heavy (non-hydrogen) atoms. The van der Waals surface area contributed by atoms with Crippen LogP contribution >= 0.6 is 0 Å². The summed E-state index contributed by atoms with van der Waals surface area (Å²) in [4.78, 5) is 4.81. The minimum absolute atomic E-state index is 0.648. The molecule has 0 fully saturated rings. The van der Waals surface area contributed by atoms with Crippen LogP contribution in [0, 0.1) is 0 Å². The Morgan fingerprint density at radius 2 is 1.17 bits per heavy atom. The van der Waals surface area contributed by atoms with Crippen LogP contribution in [0.3, 0.4) is 0 Å². The van der Waals surface area contributed by atoms with Crippen molar-refractivity contribution in [2.75, 3.05) is 0 Å². The van der Waals surface area contributed by atoms with Gasteiger partial charge in [0.25, 0.3) is 0 Å². The summed E-state index contributed by atoms with van der Waals surface area (Å²) in [7, 11) is 0. The van der Waals surface area contributed by atoms with Crippen LogP contribution in [0.15, 0.2) is 150 Å². The maximum atomic E-state index is 6.40. The van der Waals surface area contributed by atoms with Crippen molar-refractivity contribution in [2.24, 2.45) is 0 Å². The molecular formula is C39H24N2O. The quantitative estimate of drug-likeness (QED) is 0.210. The summed E-state index contributed by atoms with van der Waals surface area (Å²) in [5, 5.41) is 7.10. The minimum atomic E-state index is 0.648. The molecule has 9 rings (SSSR count). The topological polar surface area (TPSA) is 31.0 Å². The first kappa shape index (κ1) is 23.1. The van der Waals surface area contributed by atoms with Gasteiger partial charge in [-0.2, -0.15) is 0 Å². The van der Waals surface area contributed by atoms with Crippen LogP contribution in [0.2, 0.25) is 0 Å². The Balaban J connectivity index is 1.22. The van der Waals surface area contributed by atoms with Gasteiger partial charge >= 0.3 is 0 Å². The van der Waals surface area contributed by atoms with Crippen LogP contribution in [0.1, 0.15) is 0 Å². The lowest BCUT2D eigenvalue weighted by Gasteiger charge is -2.09. The van der Waals surface area contributed by atoms with Crippen molar-refractivity contribution in [2.45, 2.75) is 0 Å². The molecular weight excluding hydrogens is 512 g/mol. The van der Waals surface area contributed by atoms with Gasteiger partial charge in [0.2, 0.25) is 5.89 Å². The fourth-order valence-electron chi connectivity index (χ4n) is 6.42. The maximum absolute atomic E-state index is 6.40. The Kier molecular flexibility index (Phi) is 4.90. The van der Waals surface area contributed by atoms with Crippen molar-refractivity contribution in [3.05, 3.63) is 146 Å². The Hall–Kier alpha value is -5.67.